The first-order valence-corrected chi connectivity index (χ1v) is 7.49. The van der Waals surface area contributed by atoms with Crippen molar-refractivity contribution in [2.45, 2.75) is 19.9 Å². The van der Waals surface area contributed by atoms with Crippen LogP contribution < -0.4 is 5.73 Å². The Bertz CT molecular complexity index is 537. The van der Waals surface area contributed by atoms with Gasteiger partial charge in [0, 0.05) is 37.8 Å². The summed E-state index contributed by atoms with van der Waals surface area (Å²) >= 11 is 0. The molecule has 1 aliphatic heterocycles. The van der Waals surface area contributed by atoms with Crippen molar-refractivity contribution >= 4 is 11.8 Å². The molecule has 2 amide bonds. The summed E-state index contributed by atoms with van der Waals surface area (Å²) in [4.78, 5) is 28.0. The lowest BCUT2D eigenvalue weighted by atomic mass is 10.0. The van der Waals surface area contributed by atoms with Crippen LogP contribution in [0.3, 0.4) is 0 Å². The Hall–Kier alpha value is -1.95. The summed E-state index contributed by atoms with van der Waals surface area (Å²) in [5.74, 6) is -0.688. The van der Waals surface area contributed by atoms with Gasteiger partial charge < -0.3 is 15.5 Å². The van der Waals surface area contributed by atoms with Crippen LogP contribution >= 0.6 is 0 Å². The minimum Gasteiger partial charge on any atom is -0.339 e. The lowest BCUT2D eigenvalue weighted by molar-refractivity contribution is -0.137. The van der Waals surface area contributed by atoms with E-state index in [4.69, 9.17) is 5.73 Å². The van der Waals surface area contributed by atoms with E-state index in [1.54, 1.807) is 9.80 Å². The van der Waals surface area contributed by atoms with Crippen molar-refractivity contribution in [3.8, 4) is 0 Å². The van der Waals surface area contributed by atoms with Crippen molar-refractivity contribution in [3.63, 3.8) is 0 Å². The number of hydrogen-bond donors (Lipinski definition) is 1. The fourth-order valence-electron chi connectivity index (χ4n) is 2.42. The van der Waals surface area contributed by atoms with Gasteiger partial charge in [0.2, 0.25) is 5.91 Å². The highest BCUT2D eigenvalue weighted by atomic mass is 19.1. The van der Waals surface area contributed by atoms with Gasteiger partial charge in [0.25, 0.3) is 5.91 Å². The highest BCUT2D eigenvalue weighted by molar-refractivity contribution is 5.94. The first-order chi connectivity index (χ1) is 10.4. The normalized spacial score (nSPS) is 18.0. The molecule has 1 aromatic rings. The van der Waals surface area contributed by atoms with Crippen LogP contribution in [-0.4, -0.2) is 53.8 Å². The van der Waals surface area contributed by atoms with E-state index in [1.807, 2.05) is 13.8 Å². The molecule has 120 valence electrons. The molecule has 0 saturated carbocycles. The smallest absolute Gasteiger partial charge is 0.253 e. The van der Waals surface area contributed by atoms with E-state index in [0.29, 0.717) is 31.7 Å². The molecule has 1 aromatic carbocycles. The van der Waals surface area contributed by atoms with Crippen LogP contribution in [0, 0.1) is 11.7 Å². The third kappa shape index (κ3) is 3.62. The Balaban J connectivity index is 1.93. The van der Waals surface area contributed by atoms with E-state index in [9.17, 15) is 14.0 Å². The molecule has 0 radical (unpaired) electrons. The van der Waals surface area contributed by atoms with Crippen LogP contribution in [0.2, 0.25) is 0 Å². The third-order valence-corrected chi connectivity index (χ3v) is 4.15. The standard InChI is InChI=1S/C16H22FN3O2/c1-11(12(2)18)15(21)19-7-9-20(10-8-19)16(22)13-3-5-14(17)6-4-13/h3-6,11-12H,7-10,18H2,1-2H3. The molecule has 0 aromatic heterocycles. The van der Waals surface area contributed by atoms with E-state index in [-0.39, 0.29) is 29.6 Å². The van der Waals surface area contributed by atoms with Crippen LogP contribution in [0.5, 0.6) is 0 Å². The summed E-state index contributed by atoms with van der Waals surface area (Å²) in [6, 6.07) is 5.32. The zero-order valence-corrected chi connectivity index (χ0v) is 13.0. The molecular weight excluding hydrogens is 285 g/mol. The molecule has 2 atom stereocenters. The average Bonchev–Trinajstić information content (AvgIpc) is 2.53. The van der Waals surface area contributed by atoms with Crippen molar-refractivity contribution < 1.29 is 14.0 Å². The molecule has 22 heavy (non-hydrogen) atoms. The molecule has 1 saturated heterocycles. The number of nitrogens with two attached hydrogens (primary N) is 1. The van der Waals surface area contributed by atoms with Gasteiger partial charge in [-0.25, -0.2) is 4.39 Å². The Kier molecular flexibility index (Phi) is 5.13. The number of carbonyl (C=O) groups is 2. The van der Waals surface area contributed by atoms with E-state index < -0.39 is 0 Å². The van der Waals surface area contributed by atoms with E-state index in [2.05, 4.69) is 0 Å². The number of rotatable bonds is 3. The van der Waals surface area contributed by atoms with Gasteiger partial charge >= 0.3 is 0 Å². The lowest BCUT2D eigenvalue weighted by Crippen LogP contribution is -2.53. The van der Waals surface area contributed by atoms with Gasteiger partial charge in [-0.05, 0) is 31.2 Å². The van der Waals surface area contributed by atoms with Gasteiger partial charge in [0.15, 0.2) is 0 Å². The summed E-state index contributed by atoms with van der Waals surface area (Å²) in [6.07, 6.45) is 0. The molecule has 2 rings (SSSR count). The van der Waals surface area contributed by atoms with Gasteiger partial charge in [-0.15, -0.1) is 0 Å². The molecule has 1 heterocycles. The number of amides is 2. The number of piperazine rings is 1. The Labute approximate surface area is 129 Å². The van der Waals surface area contributed by atoms with Crippen LogP contribution in [0.1, 0.15) is 24.2 Å². The molecule has 1 fully saturated rings. The second-order valence-electron chi connectivity index (χ2n) is 5.77. The maximum absolute atomic E-state index is 12.9. The monoisotopic (exact) mass is 307 g/mol. The van der Waals surface area contributed by atoms with Crippen molar-refractivity contribution in [1.29, 1.82) is 0 Å². The van der Waals surface area contributed by atoms with Crippen LogP contribution in [0.4, 0.5) is 4.39 Å². The topological polar surface area (TPSA) is 66.6 Å². The predicted molar refractivity (Wildman–Crippen MR) is 81.7 cm³/mol. The van der Waals surface area contributed by atoms with Crippen LogP contribution in [0.15, 0.2) is 24.3 Å². The summed E-state index contributed by atoms with van der Waals surface area (Å²) < 4.78 is 12.9. The Morgan fingerprint density at radius 1 is 1.05 bits per heavy atom. The molecule has 0 aliphatic carbocycles. The van der Waals surface area contributed by atoms with Crippen molar-refractivity contribution in [2.75, 3.05) is 26.2 Å². The summed E-state index contributed by atoms with van der Waals surface area (Å²) in [6.45, 7) is 5.60. The largest absolute Gasteiger partial charge is 0.339 e. The minimum absolute atomic E-state index is 0.0314. The molecule has 5 nitrogen and oxygen atoms in total. The lowest BCUT2D eigenvalue weighted by Gasteiger charge is -2.36. The average molecular weight is 307 g/mol. The zero-order valence-electron chi connectivity index (χ0n) is 13.0. The van der Waals surface area contributed by atoms with Gasteiger partial charge in [0.05, 0.1) is 5.92 Å². The molecule has 2 unspecified atom stereocenters. The number of hydrogen-bond acceptors (Lipinski definition) is 3. The zero-order chi connectivity index (χ0) is 16.3. The third-order valence-electron chi connectivity index (χ3n) is 4.15. The molecule has 0 spiro atoms. The number of halogens is 1. The fourth-order valence-corrected chi connectivity index (χ4v) is 2.42. The molecule has 0 bridgehead atoms. The highest BCUT2D eigenvalue weighted by Crippen LogP contribution is 2.13. The minimum atomic E-state index is -0.364. The number of nitrogens with zero attached hydrogens (tertiary/aromatic N) is 2. The van der Waals surface area contributed by atoms with Gasteiger partial charge in [-0.3, -0.25) is 9.59 Å². The molecule has 1 aliphatic rings. The summed E-state index contributed by atoms with van der Waals surface area (Å²) in [7, 11) is 0. The molecular formula is C16H22FN3O2. The van der Waals surface area contributed by atoms with Gasteiger partial charge in [-0.1, -0.05) is 6.92 Å². The van der Waals surface area contributed by atoms with E-state index in [0.717, 1.165) is 0 Å². The first kappa shape index (κ1) is 16.4. The van der Waals surface area contributed by atoms with E-state index >= 15 is 0 Å². The van der Waals surface area contributed by atoms with E-state index in [1.165, 1.54) is 24.3 Å². The maximum atomic E-state index is 12.9. The maximum Gasteiger partial charge on any atom is 0.253 e. The second-order valence-corrected chi connectivity index (χ2v) is 5.77. The quantitative estimate of drug-likeness (QED) is 0.909. The van der Waals surface area contributed by atoms with Gasteiger partial charge in [0.1, 0.15) is 5.82 Å². The summed E-state index contributed by atoms with van der Waals surface area (Å²) in [5, 5.41) is 0. The number of benzene rings is 1. The Morgan fingerprint density at radius 2 is 1.55 bits per heavy atom. The fraction of sp³-hybridized carbons (Fsp3) is 0.500. The van der Waals surface area contributed by atoms with Crippen molar-refractivity contribution in [1.82, 2.24) is 9.80 Å². The highest BCUT2D eigenvalue weighted by Gasteiger charge is 2.28. The predicted octanol–water partition coefficient (Wildman–Crippen LogP) is 1.09. The SMILES string of the molecule is CC(N)C(C)C(=O)N1CCN(C(=O)c2ccc(F)cc2)CC1. The second kappa shape index (κ2) is 6.87. The molecule has 6 heteroatoms. The van der Waals surface area contributed by atoms with Crippen molar-refractivity contribution in [2.24, 2.45) is 11.7 Å². The van der Waals surface area contributed by atoms with Crippen molar-refractivity contribution in [3.05, 3.63) is 35.6 Å². The Morgan fingerprint density at radius 3 is 2.05 bits per heavy atom. The first-order valence-electron chi connectivity index (χ1n) is 7.49. The summed E-state index contributed by atoms with van der Waals surface area (Å²) in [5.41, 5.74) is 6.23. The van der Waals surface area contributed by atoms with Gasteiger partial charge in [-0.2, -0.15) is 0 Å². The molecule has 2 N–H and O–H groups in total. The number of carbonyl (C=O) groups excluding carboxylic acids is 2. The van der Waals surface area contributed by atoms with Crippen LogP contribution in [0.25, 0.3) is 0 Å². The van der Waals surface area contributed by atoms with Crippen LogP contribution in [-0.2, 0) is 4.79 Å².